The number of imidazole rings is 1. The van der Waals surface area contributed by atoms with Crippen molar-refractivity contribution in [3.63, 3.8) is 0 Å². The first-order valence-electron chi connectivity index (χ1n) is 5.52. The highest BCUT2D eigenvalue weighted by Crippen LogP contribution is 2.21. The molecule has 0 saturated heterocycles. The van der Waals surface area contributed by atoms with E-state index in [-0.39, 0.29) is 0 Å². The first-order valence-corrected chi connectivity index (χ1v) is 6.60. The molecule has 0 unspecified atom stereocenters. The third-order valence-electron chi connectivity index (χ3n) is 2.84. The Labute approximate surface area is 118 Å². The lowest BCUT2D eigenvalue weighted by molar-refractivity contribution is 0.765. The molecule has 3 rings (SSSR count). The van der Waals surface area contributed by atoms with Crippen LogP contribution in [0.4, 0.5) is 5.95 Å². The van der Waals surface area contributed by atoms with Gasteiger partial charge in [0, 0.05) is 22.4 Å². The Hall–Kier alpha value is -1.57. The number of nitrogen functional groups attached to an aromatic ring is 1. The fourth-order valence-electron chi connectivity index (χ4n) is 2.02. The van der Waals surface area contributed by atoms with Crippen LogP contribution in [0.2, 0.25) is 0 Å². The van der Waals surface area contributed by atoms with Crippen molar-refractivity contribution < 1.29 is 0 Å². The highest BCUT2D eigenvalue weighted by Gasteiger charge is 2.09. The van der Waals surface area contributed by atoms with Gasteiger partial charge in [-0.05, 0) is 40.8 Å². The lowest BCUT2D eigenvalue weighted by Gasteiger charge is -2.04. The summed E-state index contributed by atoms with van der Waals surface area (Å²) in [6.07, 6.45) is 3.83. The van der Waals surface area contributed by atoms with Crippen LogP contribution >= 0.6 is 22.6 Å². The minimum Gasteiger partial charge on any atom is -0.369 e. The standard InChI is InChI=1S/C12H12IN5/c1-17-6-8(5-15-17)7-18-11-3-2-9(13)4-10(11)16-12(18)14/h2-6H,7H2,1H3,(H2,14,16). The number of hydrogen-bond acceptors (Lipinski definition) is 3. The van der Waals surface area contributed by atoms with Gasteiger partial charge in [0.15, 0.2) is 0 Å². The van der Waals surface area contributed by atoms with E-state index in [2.05, 4.69) is 44.8 Å². The number of nitrogens with two attached hydrogens (primary N) is 1. The van der Waals surface area contributed by atoms with Gasteiger partial charge < -0.3 is 10.3 Å². The molecule has 2 N–H and O–H groups in total. The van der Waals surface area contributed by atoms with Crippen LogP contribution in [0.15, 0.2) is 30.6 Å². The third-order valence-corrected chi connectivity index (χ3v) is 3.51. The van der Waals surface area contributed by atoms with Gasteiger partial charge in [0.2, 0.25) is 5.95 Å². The molecule has 0 bridgehead atoms. The molecule has 0 saturated carbocycles. The Morgan fingerprint density at radius 3 is 2.94 bits per heavy atom. The summed E-state index contributed by atoms with van der Waals surface area (Å²) in [5.41, 5.74) is 9.08. The molecule has 3 aromatic rings. The molecule has 0 atom stereocenters. The molecule has 5 nitrogen and oxygen atoms in total. The Balaban J connectivity index is 2.08. The van der Waals surface area contributed by atoms with E-state index in [1.807, 2.05) is 30.1 Å². The number of benzene rings is 1. The Morgan fingerprint density at radius 1 is 1.39 bits per heavy atom. The number of fused-ring (bicyclic) bond motifs is 1. The summed E-state index contributed by atoms with van der Waals surface area (Å²) in [4.78, 5) is 4.39. The van der Waals surface area contributed by atoms with Crippen molar-refractivity contribution in [3.8, 4) is 0 Å². The second-order valence-corrected chi connectivity index (χ2v) is 5.46. The number of anilines is 1. The average molecular weight is 353 g/mol. The summed E-state index contributed by atoms with van der Waals surface area (Å²) in [7, 11) is 1.90. The normalized spacial score (nSPS) is 11.2. The fraction of sp³-hybridized carbons (Fsp3) is 0.167. The van der Waals surface area contributed by atoms with Crippen LogP contribution in [0.25, 0.3) is 11.0 Å². The van der Waals surface area contributed by atoms with E-state index >= 15 is 0 Å². The quantitative estimate of drug-likeness (QED) is 0.717. The molecule has 18 heavy (non-hydrogen) atoms. The van der Waals surface area contributed by atoms with Crippen LogP contribution in [0.5, 0.6) is 0 Å². The zero-order valence-corrected chi connectivity index (χ0v) is 12.0. The number of hydrogen-bond donors (Lipinski definition) is 1. The predicted molar refractivity (Wildman–Crippen MR) is 79.2 cm³/mol. The lowest BCUT2D eigenvalue weighted by Crippen LogP contribution is -2.03. The van der Waals surface area contributed by atoms with E-state index in [0.717, 1.165) is 20.2 Å². The molecule has 0 spiro atoms. The van der Waals surface area contributed by atoms with Gasteiger partial charge in [-0.25, -0.2) is 4.98 Å². The molecule has 0 aliphatic carbocycles. The summed E-state index contributed by atoms with van der Waals surface area (Å²) in [5.74, 6) is 0.538. The van der Waals surface area contributed by atoms with Crippen molar-refractivity contribution >= 4 is 39.6 Å². The lowest BCUT2D eigenvalue weighted by atomic mass is 10.3. The topological polar surface area (TPSA) is 61.7 Å². The van der Waals surface area contributed by atoms with Crippen LogP contribution in [-0.4, -0.2) is 19.3 Å². The monoisotopic (exact) mass is 353 g/mol. The molecule has 1 aromatic carbocycles. The molecular weight excluding hydrogens is 341 g/mol. The fourth-order valence-corrected chi connectivity index (χ4v) is 2.50. The molecule has 0 aliphatic heterocycles. The molecule has 2 heterocycles. The number of halogens is 1. The van der Waals surface area contributed by atoms with Gasteiger partial charge in [-0.15, -0.1) is 0 Å². The molecule has 0 radical (unpaired) electrons. The second kappa shape index (κ2) is 4.27. The average Bonchev–Trinajstić information content (AvgIpc) is 2.84. The van der Waals surface area contributed by atoms with Gasteiger partial charge >= 0.3 is 0 Å². The summed E-state index contributed by atoms with van der Waals surface area (Å²) >= 11 is 2.27. The van der Waals surface area contributed by atoms with Gasteiger partial charge in [-0.2, -0.15) is 5.10 Å². The van der Waals surface area contributed by atoms with E-state index in [0.29, 0.717) is 12.5 Å². The highest BCUT2D eigenvalue weighted by atomic mass is 127. The van der Waals surface area contributed by atoms with Crippen LogP contribution in [0.1, 0.15) is 5.56 Å². The Morgan fingerprint density at radius 2 is 2.22 bits per heavy atom. The first-order chi connectivity index (χ1) is 8.63. The maximum Gasteiger partial charge on any atom is 0.201 e. The summed E-state index contributed by atoms with van der Waals surface area (Å²) < 4.78 is 4.95. The second-order valence-electron chi connectivity index (χ2n) is 4.21. The Bertz CT molecular complexity index is 712. The van der Waals surface area contributed by atoms with E-state index in [1.165, 1.54) is 0 Å². The number of rotatable bonds is 2. The van der Waals surface area contributed by atoms with Crippen molar-refractivity contribution in [1.29, 1.82) is 0 Å². The van der Waals surface area contributed by atoms with Gasteiger partial charge in [0.25, 0.3) is 0 Å². The Kier molecular flexibility index (Phi) is 2.73. The molecule has 0 aliphatic rings. The van der Waals surface area contributed by atoms with Crippen molar-refractivity contribution in [2.75, 3.05) is 5.73 Å². The van der Waals surface area contributed by atoms with E-state index in [4.69, 9.17) is 5.73 Å². The zero-order chi connectivity index (χ0) is 12.7. The van der Waals surface area contributed by atoms with E-state index in [1.54, 1.807) is 4.68 Å². The molecular formula is C12H12IN5. The number of aryl methyl sites for hydroxylation is 1. The molecule has 0 fully saturated rings. The van der Waals surface area contributed by atoms with Crippen LogP contribution in [0, 0.1) is 3.57 Å². The predicted octanol–water partition coefficient (Wildman–Crippen LogP) is 2.00. The molecule has 6 heteroatoms. The summed E-state index contributed by atoms with van der Waals surface area (Å²) in [6, 6.07) is 6.15. The molecule has 92 valence electrons. The van der Waals surface area contributed by atoms with E-state index in [9.17, 15) is 0 Å². The van der Waals surface area contributed by atoms with Crippen molar-refractivity contribution in [1.82, 2.24) is 19.3 Å². The molecule has 2 aromatic heterocycles. The summed E-state index contributed by atoms with van der Waals surface area (Å²) in [6.45, 7) is 0.691. The zero-order valence-electron chi connectivity index (χ0n) is 9.84. The smallest absolute Gasteiger partial charge is 0.201 e. The first kappa shape index (κ1) is 11.5. The van der Waals surface area contributed by atoms with Crippen LogP contribution in [-0.2, 0) is 13.6 Å². The minimum atomic E-state index is 0.538. The van der Waals surface area contributed by atoms with E-state index < -0.39 is 0 Å². The maximum atomic E-state index is 5.98. The minimum absolute atomic E-state index is 0.538. The van der Waals surface area contributed by atoms with Crippen LogP contribution in [0.3, 0.4) is 0 Å². The van der Waals surface area contributed by atoms with Crippen LogP contribution < -0.4 is 5.73 Å². The third kappa shape index (κ3) is 1.96. The largest absolute Gasteiger partial charge is 0.369 e. The van der Waals surface area contributed by atoms with Crippen molar-refractivity contribution in [3.05, 3.63) is 39.7 Å². The number of nitrogens with zero attached hydrogens (tertiary/aromatic N) is 4. The van der Waals surface area contributed by atoms with Gasteiger partial charge in [-0.3, -0.25) is 4.68 Å². The van der Waals surface area contributed by atoms with Gasteiger partial charge in [-0.1, -0.05) is 0 Å². The highest BCUT2D eigenvalue weighted by molar-refractivity contribution is 14.1. The molecule has 0 amide bonds. The van der Waals surface area contributed by atoms with Gasteiger partial charge in [0.05, 0.1) is 23.8 Å². The van der Waals surface area contributed by atoms with Crippen molar-refractivity contribution in [2.24, 2.45) is 7.05 Å². The summed E-state index contributed by atoms with van der Waals surface area (Å²) in [5, 5.41) is 4.16. The maximum absolute atomic E-state index is 5.98. The SMILES string of the molecule is Cn1cc(Cn2c(N)nc3cc(I)ccc32)cn1. The number of aromatic nitrogens is 4. The van der Waals surface area contributed by atoms with Crippen molar-refractivity contribution in [2.45, 2.75) is 6.54 Å². The van der Waals surface area contributed by atoms with Gasteiger partial charge in [0.1, 0.15) is 0 Å².